The number of halogens is 2. The highest BCUT2D eigenvalue weighted by Gasteiger charge is 2.37. The average molecular weight is 321 g/mol. The largest absolute Gasteiger partial charge is 0.508 e. The molecule has 3 rings (SSSR count). The summed E-state index contributed by atoms with van der Waals surface area (Å²) in [6.07, 6.45) is 2.49. The molecule has 1 aromatic rings. The van der Waals surface area contributed by atoms with Crippen molar-refractivity contribution in [2.24, 2.45) is 5.92 Å². The Kier molecular flexibility index (Phi) is 6.40. The van der Waals surface area contributed by atoms with Gasteiger partial charge in [-0.1, -0.05) is 6.07 Å². The summed E-state index contributed by atoms with van der Waals surface area (Å²) in [7, 11) is 0. The lowest BCUT2D eigenvalue weighted by atomic mass is 9.98. The third kappa shape index (κ3) is 3.70. The Morgan fingerprint density at radius 3 is 2.30 bits per heavy atom. The van der Waals surface area contributed by atoms with Gasteiger partial charge in [-0.3, -0.25) is 4.90 Å². The van der Waals surface area contributed by atoms with Crippen LogP contribution in [-0.2, 0) is 0 Å². The molecule has 2 aliphatic rings. The minimum absolute atomic E-state index is 0. The van der Waals surface area contributed by atoms with Gasteiger partial charge in [0.05, 0.1) is 0 Å². The SMILES string of the molecule is Cl.Cl.Oc1ccc([C@H](C2CC2)N2CCNCC2)c(O)c1. The molecule has 1 heterocycles. The summed E-state index contributed by atoms with van der Waals surface area (Å²) >= 11 is 0. The lowest BCUT2D eigenvalue weighted by molar-refractivity contribution is 0.153. The molecule has 3 N–H and O–H groups in total. The lowest BCUT2D eigenvalue weighted by Gasteiger charge is -2.35. The van der Waals surface area contributed by atoms with E-state index in [-0.39, 0.29) is 36.3 Å². The molecular formula is C14H22Cl2N2O2. The van der Waals surface area contributed by atoms with Crippen molar-refractivity contribution in [3.05, 3.63) is 23.8 Å². The Hall–Kier alpha value is -0.680. The zero-order valence-corrected chi connectivity index (χ0v) is 12.9. The first-order chi connectivity index (χ1) is 8.75. The Labute approximate surface area is 132 Å². The maximum absolute atomic E-state index is 10.1. The van der Waals surface area contributed by atoms with Crippen molar-refractivity contribution in [1.29, 1.82) is 0 Å². The van der Waals surface area contributed by atoms with E-state index in [4.69, 9.17) is 0 Å². The van der Waals surface area contributed by atoms with Crippen molar-refractivity contribution < 1.29 is 10.2 Å². The van der Waals surface area contributed by atoms with Gasteiger partial charge < -0.3 is 15.5 Å². The number of phenolic OH excluding ortho intramolecular Hbond substituents is 2. The van der Waals surface area contributed by atoms with Crippen LogP contribution in [0.1, 0.15) is 24.4 Å². The topological polar surface area (TPSA) is 55.7 Å². The van der Waals surface area contributed by atoms with E-state index in [2.05, 4.69) is 10.2 Å². The maximum Gasteiger partial charge on any atom is 0.124 e. The summed E-state index contributed by atoms with van der Waals surface area (Å²) in [5.74, 6) is 1.02. The molecule has 1 aliphatic carbocycles. The first-order valence-electron chi connectivity index (χ1n) is 6.72. The maximum atomic E-state index is 10.1. The molecule has 0 aromatic heterocycles. The van der Waals surface area contributed by atoms with Crippen molar-refractivity contribution in [2.45, 2.75) is 18.9 Å². The van der Waals surface area contributed by atoms with E-state index in [0.29, 0.717) is 12.0 Å². The van der Waals surface area contributed by atoms with Gasteiger partial charge in [-0.2, -0.15) is 0 Å². The van der Waals surface area contributed by atoms with Gasteiger partial charge in [0.1, 0.15) is 11.5 Å². The van der Waals surface area contributed by atoms with Crippen LogP contribution in [0.5, 0.6) is 11.5 Å². The van der Waals surface area contributed by atoms with Gasteiger partial charge in [-0.25, -0.2) is 0 Å². The van der Waals surface area contributed by atoms with Crippen molar-refractivity contribution in [3.63, 3.8) is 0 Å². The lowest BCUT2D eigenvalue weighted by Crippen LogP contribution is -2.45. The van der Waals surface area contributed by atoms with Gasteiger partial charge in [0.2, 0.25) is 0 Å². The third-order valence-corrected chi connectivity index (χ3v) is 3.95. The first-order valence-corrected chi connectivity index (χ1v) is 6.72. The monoisotopic (exact) mass is 320 g/mol. The fourth-order valence-electron chi connectivity index (χ4n) is 2.90. The van der Waals surface area contributed by atoms with Gasteiger partial charge in [-0.05, 0) is 24.8 Å². The average Bonchev–Trinajstić information content (AvgIpc) is 3.18. The smallest absolute Gasteiger partial charge is 0.124 e. The summed E-state index contributed by atoms with van der Waals surface area (Å²) in [6, 6.07) is 5.31. The standard InChI is InChI=1S/C14H20N2O2.2ClH/c17-11-3-4-12(13(18)9-11)14(10-1-2-10)16-7-5-15-6-8-16;;/h3-4,9-10,14-15,17-18H,1-2,5-8H2;2*1H/t14-;;/m0../s1. The predicted octanol–water partition coefficient (Wildman–Crippen LogP) is 2.30. The quantitative estimate of drug-likeness (QED) is 0.800. The molecule has 20 heavy (non-hydrogen) atoms. The minimum atomic E-state index is 0. The second kappa shape index (κ2) is 7.36. The van der Waals surface area contributed by atoms with Crippen molar-refractivity contribution >= 4 is 24.8 Å². The van der Waals surface area contributed by atoms with Crippen LogP contribution in [0, 0.1) is 5.92 Å². The zero-order chi connectivity index (χ0) is 12.5. The summed E-state index contributed by atoms with van der Waals surface area (Å²) in [6.45, 7) is 4.09. The molecule has 0 unspecified atom stereocenters. The molecular weight excluding hydrogens is 299 g/mol. The minimum Gasteiger partial charge on any atom is -0.508 e. The molecule has 1 aromatic carbocycles. The van der Waals surface area contributed by atoms with Crippen molar-refractivity contribution in [3.8, 4) is 11.5 Å². The number of nitrogens with zero attached hydrogens (tertiary/aromatic N) is 1. The number of hydrogen-bond donors (Lipinski definition) is 3. The summed E-state index contributed by atoms with van der Waals surface area (Å²) in [5, 5.41) is 22.8. The Balaban J connectivity index is 0.000001000. The zero-order valence-electron chi connectivity index (χ0n) is 11.3. The highest BCUT2D eigenvalue weighted by Crippen LogP contribution is 2.47. The van der Waals surface area contributed by atoms with Crippen LogP contribution in [0.25, 0.3) is 0 Å². The molecule has 0 spiro atoms. The molecule has 114 valence electrons. The number of piperazine rings is 1. The summed E-state index contributed by atoms with van der Waals surface area (Å²) < 4.78 is 0. The number of hydrogen-bond acceptors (Lipinski definition) is 4. The molecule has 1 saturated carbocycles. The third-order valence-electron chi connectivity index (χ3n) is 3.95. The van der Waals surface area contributed by atoms with E-state index in [0.717, 1.165) is 31.7 Å². The molecule has 0 bridgehead atoms. The highest BCUT2D eigenvalue weighted by atomic mass is 35.5. The highest BCUT2D eigenvalue weighted by molar-refractivity contribution is 5.85. The second-order valence-electron chi connectivity index (χ2n) is 5.31. The van der Waals surface area contributed by atoms with Crippen LogP contribution < -0.4 is 5.32 Å². The molecule has 0 amide bonds. The van der Waals surface area contributed by atoms with Gasteiger partial charge >= 0.3 is 0 Å². The van der Waals surface area contributed by atoms with Crippen LogP contribution in [0.3, 0.4) is 0 Å². The molecule has 1 aliphatic heterocycles. The number of aromatic hydroxyl groups is 2. The summed E-state index contributed by atoms with van der Waals surface area (Å²) in [5.41, 5.74) is 0.970. The second-order valence-corrected chi connectivity index (χ2v) is 5.31. The van der Waals surface area contributed by atoms with E-state index >= 15 is 0 Å². The molecule has 0 radical (unpaired) electrons. The molecule has 2 fully saturated rings. The Morgan fingerprint density at radius 1 is 1.10 bits per heavy atom. The fourth-order valence-corrected chi connectivity index (χ4v) is 2.90. The van der Waals surface area contributed by atoms with E-state index in [1.807, 2.05) is 6.07 Å². The molecule has 6 heteroatoms. The molecule has 1 atom stereocenters. The van der Waals surface area contributed by atoms with Crippen LogP contribution in [0.2, 0.25) is 0 Å². The first kappa shape index (κ1) is 17.4. The van der Waals surface area contributed by atoms with E-state index < -0.39 is 0 Å². The Bertz CT molecular complexity index is 435. The van der Waals surface area contributed by atoms with Crippen LogP contribution in [0.4, 0.5) is 0 Å². The Morgan fingerprint density at radius 2 is 1.75 bits per heavy atom. The molecule has 1 saturated heterocycles. The number of phenols is 2. The fraction of sp³-hybridized carbons (Fsp3) is 0.571. The van der Waals surface area contributed by atoms with Crippen LogP contribution >= 0.6 is 24.8 Å². The normalized spacial score (nSPS) is 20.6. The number of nitrogens with one attached hydrogen (secondary N) is 1. The van der Waals surface area contributed by atoms with Crippen LogP contribution in [0.15, 0.2) is 18.2 Å². The summed E-state index contributed by atoms with van der Waals surface area (Å²) in [4.78, 5) is 2.46. The van der Waals surface area contributed by atoms with Gasteiger partial charge in [0.25, 0.3) is 0 Å². The van der Waals surface area contributed by atoms with Gasteiger partial charge in [-0.15, -0.1) is 24.8 Å². The van der Waals surface area contributed by atoms with Crippen molar-refractivity contribution in [1.82, 2.24) is 10.2 Å². The van der Waals surface area contributed by atoms with E-state index in [9.17, 15) is 10.2 Å². The number of rotatable bonds is 3. The van der Waals surface area contributed by atoms with E-state index in [1.54, 1.807) is 6.07 Å². The number of benzene rings is 1. The van der Waals surface area contributed by atoms with Crippen molar-refractivity contribution in [2.75, 3.05) is 26.2 Å². The predicted molar refractivity (Wildman–Crippen MR) is 84.2 cm³/mol. The van der Waals surface area contributed by atoms with Gasteiger partial charge in [0, 0.05) is 43.9 Å². The van der Waals surface area contributed by atoms with Crippen LogP contribution in [-0.4, -0.2) is 41.3 Å². The molecule has 4 nitrogen and oxygen atoms in total. The van der Waals surface area contributed by atoms with E-state index in [1.165, 1.54) is 18.9 Å². The van der Waals surface area contributed by atoms with Gasteiger partial charge in [0.15, 0.2) is 0 Å².